The molecule has 0 aliphatic rings. The van der Waals surface area contributed by atoms with E-state index < -0.39 is 12.4 Å². The third kappa shape index (κ3) is 3.75. The first-order valence-electron chi connectivity index (χ1n) is 4.61. The van der Waals surface area contributed by atoms with Crippen molar-refractivity contribution < 1.29 is 14.7 Å². The summed E-state index contributed by atoms with van der Waals surface area (Å²) in [5, 5.41) is 8.46. The zero-order chi connectivity index (χ0) is 11.3. The molecule has 0 aromatic heterocycles. The monoisotopic (exact) mass is 224 g/mol. The molecule has 0 atom stereocenters. The van der Waals surface area contributed by atoms with E-state index in [0.717, 1.165) is 10.6 Å². The van der Waals surface area contributed by atoms with Gasteiger partial charge in [-0.1, -0.05) is 19.1 Å². The van der Waals surface area contributed by atoms with Crippen molar-refractivity contribution in [2.24, 2.45) is 0 Å². The zero-order valence-electron chi connectivity index (χ0n) is 8.40. The lowest BCUT2D eigenvalue weighted by atomic mass is 10.1. The largest absolute Gasteiger partial charge is 0.481 e. The molecule has 0 fully saturated rings. The number of aliphatic carboxylic acids is 1. The normalized spacial score (nSPS) is 9.93. The molecular weight excluding hydrogens is 212 g/mol. The van der Waals surface area contributed by atoms with Crippen LogP contribution in [0, 0.1) is 0 Å². The van der Waals surface area contributed by atoms with Gasteiger partial charge in [0.1, 0.15) is 6.42 Å². The first-order chi connectivity index (χ1) is 7.13. The maximum absolute atomic E-state index is 11.3. The SMILES string of the molecule is CCSc1ccc(C(=O)CC(=O)O)cc1. The topological polar surface area (TPSA) is 54.4 Å². The molecule has 1 aromatic carbocycles. The Labute approximate surface area is 92.5 Å². The second-order valence-electron chi connectivity index (χ2n) is 2.95. The third-order valence-electron chi connectivity index (χ3n) is 1.80. The molecule has 0 radical (unpaired) electrons. The van der Waals surface area contributed by atoms with Crippen molar-refractivity contribution >= 4 is 23.5 Å². The van der Waals surface area contributed by atoms with Gasteiger partial charge >= 0.3 is 5.97 Å². The van der Waals surface area contributed by atoms with Crippen molar-refractivity contribution in [3.63, 3.8) is 0 Å². The highest BCUT2D eigenvalue weighted by atomic mass is 32.2. The van der Waals surface area contributed by atoms with Gasteiger partial charge in [0.05, 0.1) is 0 Å². The molecule has 1 rings (SSSR count). The molecule has 1 aromatic rings. The molecule has 0 aliphatic carbocycles. The Hall–Kier alpha value is -1.29. The molecule has 80 valence electrons. The van der Waals surface area contributed by atoms with Gasteiger partial charge in [-0.15, -0.1) is 11.8 Å². The number of rotatable bonds is 5. The van der Waals surface area contributed by atoms with E-state index in [2.05, 4.69) is 0 Å². The second-order valence-corrected chi connectivity index (χ2v) is 4.29. The second kappa shape index (κ2) is 5.56. The first-order valence-corrected chi connectivity index (χ1v) is 5.60. The molecule has 4 heteroatoms. The lowest BCUT2D eigenvalue weighted by Crippen LogP contribution is -2.06. The Kier molecular flexibility index (Phi) is 4.37. The summed E-state index contributed by atoms with van der Waals surface area (Å²) in [7, 11) is 0. The van der Waals surface area contributed by atoms with Crippen molar-refractivity contribution in [1.29, 1.82) is 0 Å². The van der Waals surface area contributed by atoms with Gasteiger partial charge in [0.15, 0.2) is 5.78 Å². The van der Waals surface area contributed by atoms with Gasteiger partial charge in [0.25, 0.3) is 0 Å². The van der Waals surface area contributed by atoms with Crippen LogP contribution in [-0.4, -0.2) is 22.6 Å². The minimum atomic E-state index is -1.09. The lowest BCUT2D eigenvalue weighted by Gasteiger charge is -2.00. The van der Waals surface area contributed by atoms with Crippen LogP contribution in [0.1, 0.15) is 23.7 Å². The summed E-state index contributed by atoms with van der Waals surface area (Å²) >= 11 is 1.68. The number of hydrogen-bond donors (Lipinski definition) is 1. The standard InChI is InChI=1S/C11H12O3S/c1-2-15-9-5-3-8(4-6-9)10(12)7-11(13)14/h3-6H,2,7H2,1H3,(H,13,14). The molecule has 0 amide bonds. The van der Waals surface area contributed by atoms with E-state index in [1.54, 1.807) is 23.9 Å². The number of carbonyl (C=O) groups is 2. The summed E-state index contributed by atoms with van der Waals surface area (Å²) in [4.78, 5) is 22.8. The number of carbonyl (C=O) groups excluding carboxylic acids is 1. The summed E-state index contributed by atoms with van der Waals surface area (Å²) in [5.41, 5.74) is 0.456. The van der Waals surface area contributed by atoms with Crippen LogP contribution in [0.3, 0.4) is 0 Å². The maximum Gasteiger partial charge on any atom is 0.311 e. The molecule has 0 unspecified atom stereocenters. The summed E-state index contributed by atoms with van der Waals surface area (Å²) in [6.45, 7) is 2.05. The molecule has 15 heavy (non-hydrogen) atoms. The van der Waals surface area contributed by atoms with Crippen LogP contribution >= 0.6 is 11.8 Å². The number of Topliss-reactive ketones (excluding diaryl/α,β-unsaturated/α-hetero) is 1. The number of thioether (sulfide) groups is 1. The molecule has 1 N–H and O–H groups in total. The summed E-state index contributed by atoms with van der Waals surface area (Å²) in [5.74, 6) is -0.467. The first kappa shape index (κ1) is 11.8. The Morgan fingerprint density at radius 1 is 1.27 bits per heavy atom. The predicted octanol–water partition coefficient (Wildman–Crippen LogP) is 2.46. The molecule has 0 heterocycles. The van der Waals surface area contributed by atoms with Crippen molar-refractivity contribution in [2.45, 2.75) is 18.2 Å². The van der Waals surface area contributed by atoms with Crippen LogP contribution in [0.5, 0.6) is 0 Å². The molecular formula is C11H12O3S. The van der Waals surface area contributed by atoms with Crippen molar-refractivity contribution in [3.05, 3.63) is 29.8 Å². The Morgan fingerprint density at radius 2 is 1.87 bits per heavy atom. The molecule has 0 spiro atoms. The molecule has 0 saturated carbocycles. The van der Waals surface area contributed by atoms with Crippen LogP contribution in [0.15, 0.2) is 29.2 Å². The predicted molar refractivity (Wildman–Crippen MR) is 59.4 cm³/mol. The molecule has 0 bridgehead atoms. The number of benzene rings is 1. The molecule has 0 aliphatic heterocycles. The van der Waals surface area contributed by atoms with E-state index in [9.17, 15) is 9.59 Å². The zero-order valence-corrected chi connectivity index (χ0v) is 9.21. The van der Waals surface area contributed by atoms with E-state index in [4.69, 9.17) is 5.11 Å². The highest BCUT2D eigenvalue weighted by Crippen LogP contribution is 2.18. The number of ketones is 1. The van der Waals surface area contributed by atoms with Gasteiger partial charge in [-0.3, -0.25) is 9.59 Å². The van der Waals surface area contributed by atoms with Crippen molar-refractivity contribution in [2.75, 3.05) is 5.75 Å². The van der Waals surface area contributed by atoms with Gasteiger partial charge in [-0.05, 0) is 17.9 Å². The number of carboxylic acid groups (broad SMARTS) is 1. The van der Waals surface area contributed by atoms with Gasteiger partial charge in [-0.25, -0.2) is 0 Å². The molecule has 0 saturated heterocycles. The Balaban J connectivity index is 2.71. The van der Waals surface area contributed by atoms with Crippen LogP contribution in [-0.2, 0) is 4.79 Å². The van der Waals surface area contributed by atoms with Crippen LogP contribution < -0.4 is 0 Å². The van der Waals surface area contributed by atoms with Gasteiger partial charge in [-0.2, -0.15) is 0 Å². The minimum Gasteiger partial charge on any atom is -0.481 e. The fraction of sp³-hybridized carbons (Fsp3) is 0.273. The smallest absolute Gasteiger partial charge is 0.311 e. The summed E-state index contributed by atoms with van der Waals surface area (Å²) in [6.07, 6.45) is -0.444. The highest BCUT2D eigenvalue weighted by molar-refractivity contribution is 7.99. The van der Waals surface area contributed by atoms with Crippen molar-refractivity contribution in [3.8, 4) is 0 Å². The van der Waals surface area contributed by atoms with Gasteiger partial charge in [0.2, 0.25) is 0 Å². The van der Waals surface area contributed by atoms with E-state index in [0.29, 0.717) is 5.56 Å². The van der Waals surface area contributed by atoms with E-state index in [1.807, 2.05) is 19.1 Å². The van der Waals surface area contributed by atoms with Gasteiger partial charge < -0.3 is 5.11 Å². The van der Waals surface area contributed by atoms with Crippen LogP contribution in [0.25, 0.3) is 0 Å². The summed E-state index contributed by atoms with van der Waals surface area (Å²) in [6, 6.07) is 7.01. The quantitative estimate of drug-likeness (QED) is 0.474. The Bertz CT molecular complexity index is 357. The van der Waals surface area contributed by atoms with Crippen LogP contribution in [0.2, 0.25) is 0 Å². The van der Waals surface area contributed by atoms with Crippen molar-refractivity contribution in [1.82, 2.24) is 0 Å². The average molecular weight is 224 g/mol. The third-order valence-corrected chi connectivity index (χ3v) is 2.69. The van der Waals surface area contributed by atoms with Gasteiger partial charge in [0, 0.05) is 10.5 Å². The Morgan fingerprint density at radius 3 is 2.33 bits per heavy atom. The summed E-state index contributed by atoms with van der Waals surface area (Å²) < 4.78 is 0. The highest BCUT2D eigenvalue weighted by Gasteiger charge is 2.09. The number of hydrogen-bond acceptors (Lipinski definition) is 3. The van der Waals surface area contributed by atoms with E-state index in [-0.39, 0.29) is 5.78 Å². The van der Waals surface area contributed by atoms with E-state index in [1.165, 1.54) is 0 Å². The number of carboxylic acids is 1. The van der Waals surface area contributed by atoms with Crippen LogP contribution in [0.4, 0.5) is 0 Å². The fourth-order valence-corrected chi connectivity index (χ4v) is 1.80. The average Bonchev–Trinajstić information content (AvgIpc) is 2.18. The minimum absolute atomic E-state index is 0.351. The lowest BCUT2D eigenvalue weighted by molar-refractivity contribution is -0.135. The fourth-order valence-electron chi connectivity index (χ4n) is 1.14. The molecule has 3 nitrogen and oxygen atoms in total. The maximum atomic E-state index is 11.3. The van der Waals surface area contributed by atoms with E-state index >= 15 is 0 Å².